The second-order valence-electron chi connectivity index (χ2n) is 5.91. The number of halogens is 1. The van der Waals surface area contributed by atoms with Gasteiger partial charge < -0.3 is 9.73 Å². The Bertz CT molecular complexity index is 1050. The lowest BCUT2D eigenvalue weighted by Gasteiger charge is -2.04. The van der Waals surface area contributed by atoms with Gasteiger partial charge in [-0.2, -0.15) is 10.2 Å². The summed E-state index contributed by atoms with van der Waals surface area (Å²) < 4.78 is 9.01. The molecule has 7 nitrogen and oxygen atoms in total. The Hall–Kier alpha value is -3.32. The number of hydrogen-bond acceptors (Lipinski definition) is 4. The van der Waals surface area contributed by atoms with Crippen molar-refractivity contribution in [2.24, 2.45) is 0 Å². The van der Waals surface area contributed by atoms with Crippen LogP contribution in [0.5, 0.6) is 0 Å². The Labute approximate surface area is 160 Å². The van der Waals surface area contributed by atoms with E-state index in [1.54, 1.807) is 40.0 Å². The number of amides is 1. The van der Waals surface area contributed by atoms with Gasteiger partial charge in [0.1, 0.15) is 5.76 Å². The highest BCUT2D eigenvalue weighted by Crippen LogP contribution is 2.17. The van der Waals surface area contributed by atoms with Crippen LogP contribution >= 0.6 is 11.6 Å². The van der Waals surface area contributed by atoms with E-state index >= 15 is 0 Å². The second kappa shape index (κ2) is 7.51. The molecule has 1 amide bonds. The first-order valence-electron chi connectivity index (χ1n) is 8.32. The van der Waals surface area contributed by atoms with Gasteiger partial charge in [-0.25, -0.2) is 0 Å². The van der Waals surface area contributed by atoms with Crippen LogP contribution in [-0.4, -0.2) is 25.5 Å². The fourth-order valence-electron chi connectivity index (χ4n) is 2.63. The van der Waals surface area contributed by atoms with Crippen molar-refractivity contribution < 1.29 is 9.21 Å². The molecule has 0 radical (unpaired) electrons. The molecule has 0 unspecified atom stereocenters. The smallest absolute Gasteiger partial charge is 0.292 e. The summed E-state index contributed by atoms with van der Waals surface area (Å²) >= 11 is 6.17. The lowest BCUT2D eigenvalue weighted by molar-refractivity contribution is 0.0994. The lowest BCUT2D eigenvalue weighted by atomic mass is 10.2. The molecule has 136 valence electrons. The number of nitrogens with zero attached hydrogens (tertiary/aromatic N) is 4. The number of carbonyl (C=O) groups excluding carboxylic acids is 1. The summed E-state index contributed by atoms with van der Waals surface area (Å²) in [6, 6.07) is 14.5. The lowest BCUT2D eigenvalue weighted by Crippen LogP contribution is -2.12. The van der Waals surface area contributed by atoms with Gasteiger partial charge in [0.15, 0.2) is 11.6 Å². The zero-order valence-electron chi connectivity index (χ0n) is 14.2. The van der Waals surface area contributed by atoms with Crippen LogP contribution in [-0.2, 0) is 13.1 Å². The molecule has 0 saturated heterocycles. The van der Waals surface area contributed by atoms with Gasteiger partial charge in [0.2, 0.25) is 0 Å². The van der Waals surface area contributed by atoms with Crippen molar-refractivity contribution in [2.75, 3.05) is 5.32 Å². The monoisotopic (exact) mass is 381 g/mol. The molecule has 0 aliphatic heterocycles. The highest BCUT2D eigenvalue weighted by atomic mass is 35.5. The van der Waals surface area contributed by atoms with Gasteiger partial charge in [-0.3, -0.25) is 14.2 Å². The summed E-state index contributed by atoms with van der Waals surface area (Å²) in [5.41, 5.74) is 0.953. The maximum atomic E-state index is 12.4. The average molecular weight is 382 g/mol. The summed E-state index contributed by atoms with van der Waals surface area (Å²) in [6.07, 6.45) is 5.30. The fraction of sp³-hybridized carbons (Fsp3) is 0.105. The minimum absolute atomic E-state index is 0.220. The Balaban J connectivity index is 1.39. The van der Waals surface area contributed by atoms with Crippen molar-refractivity contribution in [3.63, 3.8) is 0 Å². The second-order valence-corrected chi connectivity index (χ2v) is 6.32. The van der Waals surface area contributed by atoms with Gasteiger partial charge in [0.05, 0.1) is 13.1 Å². The zero-order valence-corrected chi connectivity index (χ0v) is 15.0. The van der Waals surface area contributed by atoms with E-state index in [1.165, 1.54) is 0 Å². The molecule has 3 heterocycles. The number of furan rings is 1. The van der Waals surface area contributed by atoms with Crippen molar-refractivity contribution in [1.82, 2.24) is 19.6 Å². The van der Waals surface area contributed by atoms with Gasteiger partial charge in [-0.15, -0.1) is 0 Å². The Morgan fingerprint density at radius 1 is 1.04 bits per heavy atom. The summed E-state index contributed by atoms with van der Waals surface area (Å²) in [4.78, 5) is 12.4. The normalized spacial score (nSPS) is 10.9. The first kappa shape index (κ1) is 17.1. The Morgan fingerprint density at radius 2 is 1.93 bits per heavy atom. The largest absolute Gasteiger partial charge is 0.454 e. The number of hydrogen-bond donors (Lipinski definition) is 1. The number of anilines is 1. The van der Waals surface area contributed by atoms with Crippen LogP contribution in [0.25, 0.3) is 0 Å². The van der Waals surface area contributed by atoms with E-state index in [9.17, 15) is 4.79 Å². The average Bonchev–Trinajstić information content (AvgIpc) is 3.40. The van der Waals surface area contributed by atoms with Gasteiger partial charge >= 0.3 is 0 Å². The minimum Gasteiger partial charge on any atom is -0.454 e. The minimum atomic E-state index is -0.357. The third kappa shape index (κ3) is 4.09. The number of nitrogens with one attached hydrogen (secondary N) is 1. The highest BCUT2D eigenvalue weighted by molar-refractivity contribution is 6.31. The van der Waals surface area contributed by atoms with Crippen molar-refractivity contribution in [1.29, 1.82) is 0 Å². The molecule has 4 aromatic rings. The molecule has 0 spiro atoms. The molecule has 1 aromatic carbocycles. The molecule has 3 aromatic heterocycles. The summed E-state index contributed by atoms with van der Waals surface area (Å²) in [6.45, 7) is 0.983. The molecule has 4 rings (SSSR count). The maximum absolute atomic E-state index is 12.4. The van der Waals surface area contributed by atoms with Gasteiger partial charge in [-0.1, -0.05) is 29.8 Å². The van der Waals surface area contributed by atoms with Crippen LogP contribution in [0.15, 0.2) is 71.5 Å². The van der Waals surface area contributed by atoms with Crippen molar-refractivity contribution in [3.05, 3.63) is 89.2 Å². The van der Waals surface area contributed by atoms with Crippen LogP contribution in [0.4, 0.5) is 5.82 Å². The van der Waals surface area contributed by atoms with Crippen LogP contribution in [0, 0.1) is 0 Å². The summed E-state index contributed by atoms with van der Waals surface area (Å²) in [5.74, 6) is 0.952. The SMILES string of the molecule is O=C(Nc1ccn(Cc2ccccc2Cl)n1)c1ccc(Cn2cccn2)o1. The van der Waals surface area contributed by atoms with E-state index in [-0.39, 0.29) is 11.7 Å². The predicted molar refractivity (Wildman–Crippen MR) is 101 cm³/mol. The molecule has 0 saturated carbocycles. The predicted octanol–water partition coefficient (Wildman–Crippen LogP) is 3.67. The number of rotatable bonds is 6. The van der Waals surface area contributed by atoms with Crippen molar-refractivity contribution in [3.8, 4) is 0 Å². The molecule has 1 N–H and O–H groups in total. The zero-order chi connectivity index (χ0) is 18.6. The first-order chi connectivity index (χ1) is 13.2. The third-order valence-corrected chi connectivity index (χ3v) is 4.30. The van der Waals surface area contributed by atoms with E-state index in [1.807, 2.05) is 36.5 Å². The first-order valence-corrected chi connectivity index (χ1v) is 8.69. The van der Waals surface area contributed by atoms with E-state index in [0.717, 1.165) is 5.56 Å². The molecule has 0 atom stereocenters. The molecular weight excluding hydrogens is 366 g/mol. The van der Waals surface area contributed by atoms with Crippen LogP contribution in [0.3, 0.4) is 0 Å². The molecule has 27 heavy (non-hydrogen) atoms. The van der Waals surface area contributed by atoms with Crippen molar-refractivity contribution >= 4 is 23.3 Å². The fourth-order valence-corrected chi connectivity index (χ4v) is 2.83. The van der Waals surface area contributed by atoms with E-state index < -0.39 is 0 Å². The number of aromatic nitrogens is 4. The Kier molecular flexibility index (Phi) is 4.76. The van der Waals surface area contributed by atoms with E-state index in [4.69, 9.17) is 16.0 Å². The summed E-state index contributed by atoms with van der Waals surface area (Å²) in [5, 5.41) is 11.9. The molecule has 0 bridgehead atoms. The molecule has 0 fully saturated rings. The third-order valence-electron chi connectivity index (χ3n) is 3.93. The molecule has 0 aliphatic rings. The number of carbonyl (C=O) groups is 1. The van der Waals surface area contributed by atoms with Gasteiger partial charge in [0.25, 0.3) is 5.91 Å². The van der Waals surface area contributed by atoms with Gasteiger partial charge in [0, 0.05) is 29.7 Å². The quantitative estimate of drug-likeness (QED) is 0.552. The van der Waals surface area contributed by atoms with Gasteiger partial charge in [-0.05, 0) is 29.8 Å². The Morgan fingerprint density at radius 3 is 2.74 bits per heavy atom. The summed E-state index contributed by atoms with van der Waals surface area (Å²) in [7, 11) is 0. The number of benzene rings is 1. The standard InChI is InChI=1S/C19H16ClN5O2/c20-16-5-2-1-4-14(16)12-25-11-8-18(23-25)22-19(26)17-7-6-15(27-17)13-24-10-3-9-21-24/h1-11H,12-13H2,(H,22,23,26). The molecule has 0 aliphatic carbocycles. The van der Waals surface area contributed by atoms with Crippen molar-refractivity contribution in [2.45, 2.75) is 13.1 Å². The van der Waals surface area contributed by atoms with E-state index in [0.29, 0.717) is 29.7 Å². The van der Waals surface area contributed by atoms with Crippen LogP contribution < -0.4 is 5.32 Å². The topological polar surface area (TPSA) is 77.9 Å². The van der Waals surface area contributed by atoms with Crippen LogP contribution in [0.1, 0.15) is 21.9 Å². The van der Waals surface area contributed by atoms with Crippen LogP contribution in [0.2, 0.25) is 5.02 Å². The maximum Gasteiger partial charge on any atom is 0.292 e. The van der Waals surface area contributed by atoms with E-state index in [2.05, 4.69) is 15.5 Å². The molecular formula is C19H16ClN5O2. The molecule has 8 heteroatoms. The highest BCUT2D eigenvalue weighted by Gasteiger charge is 2.13.